The lowest BCUT2D eigenvalue weighted by molar-refractivity contribution is 0.0951. The van der Waals surface area contributed by atoms with Crippen LogP contribution in [0.2, 0.25) is 0 Å². The van der Waals surface area contributed by atoms with Crippen molar-refractivity contribution in [2.75, 3.05) is 0 Å². The molecular weight excluding hydrogens is 412 g/mol. The minimum atomic E-state index is -3.36. The Morgan fingerprint density at radius 2 is 1.74 bits per heavy atom. The second kappa shape index (κ2) is 9.31. The van der Waals surface area contributed by atoms with Crippen molar-refractivity contribution in [2.24, 2.45) is 0 Å². The number of aryl methyl sites for hydroxylation is 2. The SMILES string of the molecule is Cc1ccc(C)c(Oc2ccc(CNC(=O)c3ccc(S(=O)(=O)C(C)C)cc3)cn2)c1. The fraction of sp³-hybridized carbons (Fsp3) is 0.250. The number of nitrogens with zero attached hydrogens (tertiary/aromatic N) is 1. The van der Waals surface area contributed by atoms with E-state index in [0.717, 1.165) is 22.4 Å². The molecule has 0 radical (unpaired) electrons. The fourth-order valence-corrected chi connectivity index (χ4v) is 3.92. The molecule has 7 heteroatoms. The van der Waals surface area contributed by atoms with Gasteiger partial charge in [0.2, 0.25) is 5.88 Å². The zero-order chi connectivity index (χ0) is 22.6. The van der Waals surface area contributed by atoms with E-state index in [-0.39, 0.29) is 10.8 Å². The van der Waals surface area contributed by atoms with Gasteiger partial charge in [0.1, 0.15) is 5.75 Å². The van der Waals surface area contributed by atoms with Crippen molar-refractivity contribution < 1.29 is 17.9 Å². The molecule has 1 heterocycles. The summed E-state index contributed by atoms with van der Waals surface area (Å²) in [6.07, 6.45) is 1.65. The molecule has 0 aliphatic heterocycles. The number of carbonyl (C=O) groups is 1. The van der Waals surface area contributed by atoms with Crippen LogP contribution in [-0.2, 0) is 16.4 Å². The first kappa shape index (κ1) is 22.5. The first-order chi connectivity index (χ1) is 14.7. The van der Waals surface area contributed by atoms with Gasteiger partial charge < -0.3 is 10.1 Å². The Bertz CT molecular complexity index is 1170. The molecule has 1 N–H and O–H groups in total. The summed E-state index contributed by atoms with van der Waals surface area (Å²) < 4.78 is 30.2. The molecule has 0 aliphatic carbocycles. The van der Waals surface area contributed by atoms with Crippen molar-refractivity contribution in [3.05, 3.63) is 83.0 Å². The Morgan fingerprint density at radius 1 is 1.03 bits per heavy atom. The third-order valence-electron chi connectivity index (χ3n) is 4.87. The largest absolute Gasteiger partial charge is 0.439 e. The van der Waals surface area contributed by atoms with Crippen LogP contribution in [0.4, 0.5) is 0 Å². The molecule has 162 valence electrons. The second-order valence-corrected chi connectivity index (χ2v) is 10.2. The van der Waals surface area contributed by atoms with Crippen LogP contribution in [0, 0.1) is 13.8 Å². The van der Waals surface area contributed by atoms with Gasteiger partial charge in [-0.05, 0) is 74.7 Å². The summed E-state index contributed by atoms with van der Waals surface area (Å²) in [6, 6.07) is 15.5. The minimum Gasteiger partial charge on any atom is -0.439 e. The maximum atomic E-state index is 12.4. The van der Waals surface area contributed by atoms with Crippen LogP contribution in [0.3, 0.4) is 0 Å². The van der Waals surface area contributed by atoms with Gasteiger partial charge in [0, 0.05) is 24.4 Å². The number of pyridine rings is 1. The Kier molecular flexibility index (Phi) is 6.75. The molecule has 0 saturated heterocycles. The van der Waals surface area contributed by atoms with Gasteiger partial charge in [0.15, 0.2) is 9.84 Å². The van der Waals surface area contributed by atoms with E-state index < -0.39 is 15.1 Å². The van der Waals surface area contributed by atoms with E-state index in [4.69, 9.17) is 4.74 Å². The third kappa shape index (κ3) is 5.49. The number of nitrogens with one attached hydrogen (secondary N) is 1. The number of carbonyl (C=O) groups excluding carboxylic acids is 1. The third-order valence-corrected chi connectivity index (χ3v) is 7.04. The van der Waals surface area contributed by atoms with Gasteiger partial charge in [0.05, 0.1) is 10.1 Å². The molecule has 0 saturated carbocycles. The van der Waals surface area contributed by atoms with Gasteiger partial charge in [-0.15, -0.1) is 0 Å². The van der Waals surface area contributed by atoms with Crippen molar-refractivity contribution in [1.82, 2.24) is 10.3 Å². The normalized spacial score (nSPS) is 11.4. The van der Waals surface area contributed by atoms with Crippen LogP contribution in [0.25, 0.3) is 0 Å². The summed E-state index contributed by atoms with van der Waals surface area (Å²) in [5.74, 6) is 0.950. The van der Waals surface area contributed by atoms with Gasteiger partial charge in [-0.2, -0.15) is 0 Å². The van der Waals surface area contributed by atoms with Crippen molar-refractivity contribution in [1.29, 1.82) is 0 Å². The summed E-state index contributed by atoms with van der Waals surface area (Å²) in [4.78, 5) is 16.9. The second-order valence-electron chi connectivity index (χ2n) is 7.68. The number of hydrogen-bond donors (Lipinski definition) is 1. The molecule has 0 atom stereocenters. The van der Waals surface area contributed by atoms with Gasteiger partial charge in [-0.1, -0.05) is 18.2 Å². The number of benzene rings is 2. The highest BCUT2D eigenvalue weighted by Gasteiger charge is 2.19. The number of ether oxygens (including phenoxy) is 1. The molecule has 0 spiro atoms. The lowest BCUT2D eigenvalue weighted by Crippen LogP contribution is -2.23. The number of aromatic nitrogens is 1. The lowest BCUT2D eigenvalue weighted by atomic mass is 10.1. The smallest absolute Gasteiger partial charge is 0.251 e. The van der Waals surface area contributed by atoms with Gasteiger partial charge in [-0.25, -0.2) is 13.4 Å². The summed E-state index contributed by atoms with van der Waals surface area (Å²) in [7, 11) is -3.36. The van der Waals surface area contributed by atoms with E-state index in [2.05, 4.69) is 10.3 Å². The van der Waals surface area contributed by atoms with Crippen LogP contribution >= 0.6 is 0 Å². The predicted octanol–water partition coefficient (Wildman–Crippen LogP) is 4.60. The standard InChI is InChI=1S/C24H26N2O4S/c1-16(2)31(28,29)21-10-8-20(9-11-21)24(27)26-15-19-7-12-23(25-14-19)30-22-13-17(3)5-6-18(22)4/h5-14,16H,15H2,1-4H3,(H,26,27). The average molecular weight is 439 g/mol. The van der Waals surface area contributed by atoms with Crippen LogP contribution < -0.4 is 10.1 Å². The maximum Gasteiger partial charge on any atom is 0.251 e. The molecule has 0 aliphatic rings. The van der Waals surface area contributed by atoms with Crippen LogP contribution in [0.5, 0.6) is 11.6 Å². The highest BCUT2D eigenvalue weighted by molar-refractivity contribution is 7.92. The van der Waals surface area contributed by atoms with Gasteiger partial charge >= 0.3 is 0 Å². The molecule has 6 nitrogen and oxygen atoms in total. The molecule has 0 bridgehead atoms. The first-order valence-corrected chi connectivity index (χ1v) is 11.5. The topological polar surface area (TPSA) is 85.4 Å². The molecule has 0 unspecified atom stereocenters. The Morgan fingerprint density at radius 3 is 2.35 bits per heavy atom. The quantitative estimate of drug-likeness (QED) is 0.583. The molecular formula is C24H26N2O4S. The maximum absolute atomic E-state index is 12.4. The summed E-state index contributed by atoms with van der Waals surface area (Å²) in [6.45, 7) is 7.53. The highest BCUT2D eigenvalue weighted by atomic mass is 32.2. The van der Waals surface area contributed by atoms with Gasteiger partial charge in [-0.3, -0.25) is 4.79 Å². The van der Waals surface area contributed by atoms with Crippen LogP contribution in [0.15, 0.2) is 65.7 Å². The van der Waals surface area contributed by atoms with Crippen molar-refractivity contribution >= 4 is 15.7 Å². The molecule has 0 fully saturated rings. The molecule has 3 aromatic rings. The van der Waals surface area contributed by atoms with E-state index in [1.54, 1.807) is 26.1 Å². The van der Waals surface area contributed by atoms with Crippen molar-refractivity contribution in [3.63, 3.8) is 0 Å². The van der Waals surface area contributed by atoms with E-state index in [0.29, 0.717) is 18.0 Å². The number of amides is 1. The average Bonchev–Trinajstić information content (AvgIpc) is 2.75. The molecule has 31 heavy (non-hydrogen) atoms. The predicted molar refractivity (Wildman–Crippen MR) is 120 cm³/mol. The number of sulfone groups is 1. The monoisotopic (exact) mass is 438 g/mol. The Labute approximate surface area is 183 Å². The summed E-state index contributed by atoms with van der Waals surface area (Å²) >= 11 is 0. The minimum absolute atomic E-state index is 0.211. The van der Waals surface area contributed by atoms with E-state index in [1.165, 1.54) is 24.3 Å². The van der Waals surface area contributed by atoms with Gasteiger partial charge in [0.25, 0.3) is 5.91 Å². The van der Waals surface area contributed by atoms with Crippen LogP contribution in [-0.4, -0.2) is 24.6 Å². The van der Waals surface area contributed by atoms with Crippen LogP contribution in [0.1, 0.15) is 40.9 Å². The zero-order valence-electron chi connectivity index (χ0n) is 18.0. The zero-order valence-corrected chi connectivity index (χ0v) is 18.9. The Hall–Kier alpha value is -3.19. The lowest BCUT2D eigenvalue weighted by Gasteiger charge is -2.10. The highest BCUT2D eigenvalue weighted by Crippen LogP contribution is 2.24. The molecule has 1 aromatic heterocycles. The molecule has 2 aromatic carbocycles. The summed E-state index contributed by atoms with van der Waals surface area (Å²) in [5.41, 5.74) is 3.34. The van der Waals surface area contributed by atoms with Crippen molar-refractivity contribution in [2.45, 2.75) is 44.4 Å². The molecule has 1 amide bonds. The van der Waals surface area contributed by atoms with E-state index >= 15 is 0 Å². The molecule has 3 rings (SSSR count). The number of hydrogen-bond acceptors (Lipinski definition) is 5. The number of rotatable bonds is 7. The van der Waals surface area contributed by atoms with E-state index in [1.807, 2.05) is 38.1 Å². The summed E-state index contributed by atoms with van der Waals surface area (Å²) in [5, 5.41) is 2.30. The Balaban J connectivity index is 1.60. The first-order valence-electron chi connectivity index (χ1n) is 9.99. The van der Waals surface area contributed by atoms with E-state index in [9.17, 15) is 13.2 Å². The van der Waals surface area contributed by atoms with Crippen molar-refractivity contribution in [3.8, 4) is 11.6 Å². The fourth-order valence-electron chi connectivity index (χ4n) is 2.86.